The van der Waals surface area contributed by atoms with Crippen LogP contribution in [-0.2, 0) is 11.2 Å². The molecule has 0 radical (unpaired) electrons. The number of Topliss-reactive ketones (excluding diaryl/α,β-unsaturated/α-hetero) is 1. The van der Waals surface area contributed by atoms with Crippen molar-refractivity contribution in [1.82, 2.24) is 0 Å². The highest BCUT2D eigenvalue weighted by atomic mass is 16.5. The maximum atomic E-state index is 12.1. The number of allylic oxidation sites excluding steroid dienone is 2. The van der Waals surface area contributed by atoms with Gasteiger partial charge in [-0.25, -0.2) is 0 Å². The van der Waals surface area contributed by atoms with E-state index in [1.807, 2.05) is 13.0 Å². The fourth-order valence-corrected chi connectivity index (χ4v) is 4.14. The number of hydrogen-bond donors (Lipinski definition) is 0. The summed E-state index contributed by atoms with van der Waals surface area (Å²) in [5.41, 5.74) is 5.15. The second-order valence-electron chi connectivity index (χ2n) is 6.15. The Balaban J connectivity index is 2.18. The summed E-state index contributed by atoms with van der Waals surface area (Å²) in [6.07, 6.45) is 5.11. The summed E-state index contributed by atoms with van der Waals surface area (Å²) in [5.74, 6) is 1.24. The Bertz CT molecular complexity index is 597. The highest BCUT2D eigenvalue weighted by Gasteiger charge is 2.45. The van der Waals surface area contributed by atoms with Crippen molar-refractivity contribution >= 4 is 11.4 Å². The molecule has 0 fully saturated rings. The zero-order chi connectivity index (χ0) is 14.3. The van der Waals surface area contributed by atoms with Gasteiger partial charge in [-0.15, -0.1) is 0 Å². The molecule has 0 heterocycles. The van der Waals surface area contributed by atoms with Crippen molar-refractivity contribution in [3.63, 3.8) is 0 Å². The number of fused-ring (bicyclic) bond motifs is 3. The molecule has 0 amide bonds. The number of benzene rings is 1. The zero-order valence-corrected chi connectivity index (χ0v) is 12.6. The minimum absolute atomic E-state index is 0.196. The second-order valence-corrected chi connectivity index (χ2v) is 6.15. The molecule has 1 aromatic carbocycles. The monoisotopic (exact) mass is 270 g/mol. The van der Waals surface area contributed by atoms with E-state index in [2.05, 4.69) is 19.1 Å². The van der Waals surface area contributed by atoms with Crippen LogP contribution in [0.5, 0.6) is 5.75 Å². The van der Waals surface area contributed by atoms with Crippen LogP contribution in [0.25, 0.3) is 5.57 Å². The molecular formula is C18H22O2. The van der Waals surface area contributed by atoms with E-state index >= 15 is 0 Å². The molecule has 2 aliphatic rings. The number of methoxy groups -OCH3 is 1. The van der Waals surface area contributed by atoms with Crippen LogP contribution in [0.1, 0.15) is 50.7 Å². The Morgan fingerprint density at radius 3 is 2.85 bits per heavy atom. The summed E-state index contributed by atoms with van der Waals surface area (Å²) in [5, 5.41) is 0. The van der Waals surface area contributed by atoms with Crippen LogP contribution in [0, 0.1) is 5.41 Å². The number of rotatable bonds is 3. The minimum Gasteiger partial charge on any atom is -0.497 e. The fraction of sp³-hybridized carbons (Fsp3) is 0.500. The van der Waals surface area contributed by atoms with E-state index in [1.54, 1.807) is 7.11 Å². The van der Waals surface area contributed by atoms with Gasteiger partial charge in [-0.05, 0) is 60.6 Å². The fourth-order valence-electron chi connectivity index (χ4n) is 4.14. The Kier molecular flexibility index (Phi) is 3.19. The summed E-state index contributed by atoms with van der Waals surface area (Å²) >= 11 is 0. The average molecular weight is 270 g/mol. The molecule has 0 saturated heterocycles. The highest BCUT2D eigenvalue weighted by molar-refractivity contribution is 6.06. The maximum absolute atomic E-state index is 12.1. The third-order valence-corrected chi connectivity index (χ3v) is 4.99. The smallest absolute Gasteiger partial charge is 0.158 e. The Labute approximate surface area is 120 Å². The lowest BCUT2D eigenvalue weighted by atomic mass is 9.67. The van der Waals surface area contributed by atoms with E-state index in [4.69, 9.17) is 4.74 Å². The van der Waals surface area contributed by atoms with Gasteiger partial charge in [-0.3, -0.25) is 4.79 Å². The maximum Gasteiger partial charge on any atom is 0.158 e. The summed E-state index contributed by atoms with van der Waals surface area (Å²) in [4.78, 5) is 12.1. The van der Waals surface area contributed by atoms with E-state index in [0.29, 0.717) is 12.2 Å². The van der Waals surface area contributed by atoms with Crippen LogP contribution in [0.3, 0.4) is 0 Å². The molecule has 2 heteroatoms. The van der Waals surface area contributed by atoms with Crippen LogP contribution in [0.2, 0.25) is 0 Å². The van der Waals surface area contributed by atoms with Crippen molar-refractivity contribution in [2.45, 2.75) is 46.0 Å². The molecule has 2 nitrogen and oxygen atoms in total. The SMILES string of the molecule is CCCC12CCC(=O)C(C)=C1c1ccc(OC)cc1C2. The van der Waals surface area contributed by atoms with Crippen molar-refractivity contribution < 1.29 is 9.53 Å². The van der Waals surface area contributed by atoms with Crippen molar-refractivity contribution in [3.05, 3.63) is 34.9 Å². The van der Waals surface area contributed by atoms with Gasteiger partial charge in [-0.1, -0.05) is 19.4 Å². The molecule has 1 unspecified atom stereocenters. The van der Waals surface area contributed by atoms with E-state index < -0.39 is 0 Å². The largest absolute Gasteiger partial charge is 0.497 e. The van der Waals surface area contributed by atoms with Crippen LogP contribution in [-0.4, -0.2) is 12.9 Å². The summed E-state index contributed by atoms with van der Waals surface area (Å²) in [7, 11) is 1.71. The number of ketones is 1. The van der Waals surface area contributed by atoms with Gasteiger partial charge in [0, 0.05) is 11.8 Å². The molecule has 0 saturated carbocycles. The predicted molar refractivity (Wildman–Crippen MR) is 80.9 cm³/mol. The van der Waals surface area contributed by atoms with Crippen molar-refractivity contribution in [3.8, 4) is 5.75 Å². The first-order valence-electron chi connectivity index (χ1n) is 7.53. The molecule has 1 aromatic rings. The molecule has 0 aliphatic heterocycles. The topological polar surface area (TPSA) is 26.3 Å². The number of carbonyl (C=O) groups excluding carboxylic acids is 1. The molecule has 106 valence electrons. The third-order valence-electron chi connectivity index (χ3n) is 4.99. The van der Waals surface area contributed by atoms with Crippen molar-refractivity contribution in [2.75, 3.05) is 7.11 Å². The highest BCUT2D eigenvalue weighted by Crippen LogP contribution is 2.56. The quantitative estimate of drug-likeness (QED) is 0.823. The standard InChI is InChI=1S/C18H22O2/c1-4-8-18-9-7-16(19)12(2)17(18)15-6-5-14(20-3)10-13(15)11-18/h5-6,10H,4,7-9,11H2,1-3H3. The molecule has 0 spiro atoms. The first kappa shape index (κ1) is 13.4. The molecular weight excluding hydrogens is 248 g/mol. The van der Waals surface area contributed by atoms with Crippen LogP contribution in [0.15, 0.2) is 23.8 Å². The van der Waals surface area contributed by atoms with Crippen LogP contribution < -0.4 is 4.74 Å². The lowest BCUT2D eigenvalue weighted by Gasteiger charge is -2.35. The van der Waals surface area contributed by atoms with E-state index in [9.17, 15) is 4.79 Å². The Morgan fingerprint density at radius 2 is 2.15 bits per heavy atom. The van der Waals surface area contributed by atoms with E-state index in [1.165, 1.54) is 23.1 Å². The van der Waals surface area contributed by atoms with Crippen molar-refractivity contribution in [1.29, 1.82) is 0 Å². The first-order valence-corrected chi connectivity index (χ1v) is 7.53. The molecule has 0 bridgehead atoms. The molecule has 0 aromatic heterocycles. The summed E-state index contributed by atoms with van der Waals surface area (Å²) in [6, 6.07) is 6.30. The number of carbonyl (C=O) groups is 1. The van der Waals surface area contributed by atoms with Crippen molar-refractivity contribution in [2.24, 2.45) is 5.41 Å². The van der Waals surface area contributed by atoms with Gasteiger partial charge in [0.25, 0.3) is 0 Å². The van der Waals surface area contributed by atoms with Gasteiger partial charge in [0.15, 0.2) is 5.78 Å². The average Bonchev–Trinajstić information content (AvgIpc) is 2.77. The lowest BCUT2D eigenvalue weighted by Crippen LogP contribution is -2.27. The van der Waals surface area contributed by atoms with Gasteiger partial charge >= 0.3 is 0 Å². The molecule has 1 atom stereocenters. The third kappa shape index (κ3) is 1.81. The van der Waals surface area contributed by atoms with Gasteiger partial charge in [0.2, 0.25) is 0 Å². The summed E-state index contributed by atoms with van der Waals surface area (Å²) in [6.45, 7) is 4.25. The Hall–Kier alpha value is -1.57. The second kappa shape index (κ2) is 4.76. The molecule has 2 aliphatic carbocycles. The first-order chi connectivity index (χ1) is 9.61. The number of hydrogen-bond acceptors (Lipinski definition) is 2. The molecule has 3 rings (SSSR count). The van der Waals surface area contributed by atoms with Gasteiger partial charge in [-0.2, -0.15) is 0 Å². The normalized spacial score (nSPS) is 24.6. The number of ether oxygens (including phenoxy) is 1. The van der Waals surface area contributed by atoms with Gasteiger partial charge in [0.1, 0.15) is 5.75 Å². The molecule has 0 N–H and O–H groups in total. The van der Waals surface area contributed by atoms with Crippen LogP contribution in [0.4, 0.5) is 0 Å². The van der Waals surface area contributed by atoms with Gasteiger partial charge in [0.05, 0.1) is 7.11 Å². The Morgan fingerprint density at radius 1 is 1.35 bits per heavy atom. The molecule has 20 heavy (non-hydrogen) atoms. The minimum atomic E-state index is 0.196. The van der Waals surface area contributed by atoms with E-state index in [-0.39, 0.29) is 5.41 Å². The zero-order valence-electron chi connectivity index (χ0n) is 12.6. The van der Waals surface area contributed by atoms with Crippen LogP contribution >= 0.6 is 0 Å². The van der Waals surface area contributed by atoms with E-state index in [0.717, 1.165) is 30.6 Å². The lowest BCUT2D eigenvalue weighted by molar-refractivity contribution is -0.116. The van der Waals surface area contributed by atoms with Gasteiger partial charge < -0.3 is 4.74 Å². The summed E-state index contributed by atoms with van der Waals surface area (Å²) < 4.78 is 5.35. The predicted octanol–water partition coefficient (Wildman–Crippen LogP) is 4.17.